The molecule has 1 amide bonds. The molecule has 4 rings (SSSR count). The van der Waals surface area contributed by atoms with Gasteiger partial charge in [-0.2, -0.15) is 0 Å². The molecule has 10 heteroatoms. The normalized spacial score (nSPS) is 15.8. The van der Waals surface area contributed by atoms with E-state index in [1.807, 2.05) is 0 Å². The first kappa shape index (κ1) is 20.5. The van der Waals surface area contributed by atoms with Gasteiger partial charge in [0.2, 0.25) is 0 Å². The fraction of sp³-hybridized carbons (Fsp3) is 0.250. The first-order valence-corrected chi connectivity index (χ1v) is 10.2. The molecule has 0 bridgehead atoms. The highest BCUT2D eigenvalue weighted by Crippen LogP contribution is 2.38. The quantitative estimate of drug-likeness (QED) is 0.534. The second-order valence-corrected chi connectivity index (χ2v) is 8.02. The lowest BCUT2D eigenvalue weighted by molar-refractivity contribution is -0.147. The van der Waals surface area contributed by atoms with Crippen LogP contribution < -0.4 is 9.64 Å². The summed E-state index contributed by atoms with van der Waals surface area (Å²) in [5, 5.41) is 0.780. The Bertz CT molecular complexity index is 1150. The first-order valence-electron chi connectivity index (χ1n) is 9.04. The zero-order valence-corrected chi connectivity index (χ0v) is 17.2. The van der Waals surface area contributed by atoms with Crippen LogP contribution in [0.5, 0.6) is 5.75 Å². The summed E-state index contributed by atoms with van der Waals surface area (Å²) >= 11 is 7.23. The van der Waals surface area contributed by atoms with Crippen molar-refractivity contribution in [3.05, 3.63) is 52.0 Å². The average Bonchev–Trinajstić information content (AvgIpc) is 3.12. The number of halogens is 3. The van der Waals surface area contributed by atoms with Crippen LogP contribution in [0.1, 0.15) is 18.4 Å². The molecule has 0 spiro atoms. The van der Waals surface area contributed by atoms with Crippen LogP contribution in [0.2, 0.25) is 5.02 Å². The van der Waals surface area contributed by atoms with Crippen molar-refractivity contribution in [2.75, 3.05) is 11.5 Å². The predicted octanol–water partition coefficient (Wildman–Crippen LogP) is 4.48. The fourth-order valence-electron chi connectivity index (χ4n) is 3.15. The minimum Gasteiger partial charge on any atom is -0.478 e. The van der Waals surface area contributed by atoms with Gasteiger partial charge in [0.25, 0.3) is 5.91 Å². The summed E-state index contributed by atoms with van der Waals surface area (Å²) in [5.41, 5.74) is 0.309. The maximum absolute atomic E-state index is 14.0. The second kappa shape index (κ2) is 8.16. The molecular formula is C20H15ClF2N2O4S. The van der Waals surface area contributed by atoms with E-state index in [9.17, 15) is 18.4 Å². The predicted molar refractivity (Wildman–Crippen MR) is 108 cm³/mol. The van der Waals surface area contributed by atoms with E-state index in [0.29, 0.717) is 26.2 Å². The lowest BCUT2D eigenvalue weighted by atomic mass is 10.1. The van der Waals surface area contributed by atoms with E-state index in [-0.39, 0.29) is 25.1 Å². The maximum atomic E-state index is 14.0. The summed E-state index contributed by atoms with van der Waals surface area (Å²) in [6, 6.07) is 7.23. The number of fused-ring (bicyclic) bond motifs is 2. The number of thiazole rings is 1. The van der Waals surface area contributed by atoms with Crippen LogP contribution in [0.15, 0.2) is 30.3 Å². The zero-order valence-electron chi connectivity index (χ0n) is 15.7. The highest BCUT2D eigenvalue weighted by molar-refractivity contribution is 7.18. The van der Waals surface area contributed by atoms with Crippen molar-refractivity contribution in [3.63, 3.8) is 0 Å². The number of esters is 1. The molecule has 1 aliphatic rings. The number of carbonyl (C=O) groups is 2. The molecular weight excluding hydrogens is 438 g/mol. The van der Waals surface area contributed by atoms with Gasteiger partial charge in [0.15, 0.2) is 17.7 Å². The van der Waals surface area contributed by atoms with Crippen LogP contribution in [0.4, 0.5) is 14.5 Å². The van der Waals surface area contributed by atoms with E-state index >= 15 is 0 Å². The highest BCUT2D eigenvalue weighted by Gasteiger charge is 2.37. The molecule has 0 aliphatic carbocycles. The van der Waals surface area contributed by atoms with Gasteiger partial charge in [0, 0.05) is 5.02 Å². The minimum atomic E-state index is -1.08. The van der Waals surface area contributed by atoms with E-state index < -0.39 is 29.6 Å². The molecule has 0 N–H and O–H groups in total. The van der Waals surface area contributed by atoms with Gasteiger partial charge in [-0.05, 0) is 37.3 Å². The third-order valence-corrected chi connectivity index (χ3v) is 5.71. The molecule has 1 unspecified atom stereocenters. The van der Waals surface area contributed by atoms with Crippen molar-refractivity contribution in [1.29, 1.82) is 0 Å². The summed E-state index contributed by atoms with van der Waals surface area (Å²) in [6.07, 6.45) is -1.34. The SMILES string of the molecule is CCOC(=O)CC1Oc2ccc(Cl)cc2N(Cc2nc3c(F)c(F)ccc3s2)C1=O. The lowest BCUT2D eigenvalue weighted by Gasteiger charge is -2.33. The van der Waals surface area contributed by atoms with Gasteiger partial charge in [-0.3, -0.25) is 14.5 Å². The summed E-state index contributed by atoms with van der Waals surface area (Å²) in [7, 11) is 0. The van der Waals surface area contributed by atoms with Crippen LogP contribution in [-0.2, 0) is 20.9 Å². The third kappa shape index (κ3) is 3.82. The molecule has 1 atom stereocenters. The lowest BCUT2D eigenvalue weighted by Crippen LogP contribution is -2.46. The Hall–Kier alpha value is -2.78. The van der Waals surface area contributed by atoms with Gasteiger partial charge < -0.3 is 9.47 Å². The number of nitrogens with zero attached hydrogens (tertiary/aromatic N) is 2. The van der Waals surface area contributed by atoms with Crippen molar-refractivity contribution >= 4 is 50.7 Å². The monoisotopic (exact) mass is 452 g/mol. The number of amides is 1. The van der Waals surface area contributed by atoms with Crippen LogP contribution in [0.25, 0.3) is 10.2 Å². The van der Waals surface area contributed by atoms with Crippen molar-refractivity contribution in [2.24, 2.45) is 0 Å². The minimum absolute atomic E-state index is 0.0186. The van der Waals surface area contributed by atoms with Crippen molar-refractivity contribution in [2.45, 2.75) is 26.0 Å². The molecule has 6 nitrogen and oxygen atoms in total. The molecule has 0 saturated carbocycles. The fourth-order valence-corrected chi connectivity index (χ4v) is 4.27. The number of carbonyl (C=O) groups excluding carboxylic acids is 2. The standard InChI is InChI=1S/C20H15ClF2N2O4S/c1-2-28-17(26)8-14-20(27)25(12-7-10(21)3-5-13(12)29-14)9-16-24-19-15(30-16)6-4-11(22)18(19)23/h3-7,14H,2,8-9H2,1H3. The molecule has 30 heavy (non-hydrogen) atoms. The highest BCUT2D eigenvalue weighted by atomic mass is 35.5. The number of hydrogen-bond donors (Lipinski definition) is 0. The molecule has 3 aromatic rings. The number of hydrogen-bond acceptors (Lipinski definition) is 6. The topological polar surface area (TPSA) is 68.7 Å². The second-order valence-electron chi connectivity index (χ2n) is 6.47. The number of benzene rings is 2. The smallest absolute Gasteiger partial charge is 0.310 e. The number of anilines is 1. The van der Waals surface area contributed by atoms with Gasteiger partial charge in [0.05, 0.1) is 30.0 Å². The Balaban J connectivity index is 1.69. The van der Waals surface area contributed by atoms with E-state index in [2.05, 4.69) is 4.98 Å². The largest absolute Gasteiger partial charge is 0.478 e. The van der Waals surface area contributed by atoms with Crippen LogP contribution in [0, 0.1) is 11.6 Å². The zero-order chi connectivity index (χ0) is 21.4. The molecule has 0 fully saturated rings. The maximum Gasteiger partial charge on any atom is 0.310 e. The molecule has 1 aromatic heterocycles. The first-order chi connectivity index (χ1) is 14.4. The third-order valence-electron chi connectivity index (χ3n) is 4.47. The number of aromatic nitrogens is 1. The molecule has 156 valence electrons. The molecule has 0 radical (unpaired) electrons. The van der Waals surface area contributed by atoms with Gasteiger partial charge in [-0.15, -0.1) is 11.3 Å². The number of ether oxygens (including phenoxy) is 2. The molecule has 1 aliphatic heterocycles. The molecule has 0 saturated heterocycles. The van der Waals surface area contributed by atoms with E-state index in [1.165, 1.54) is 11.0 Å². The van der Waals surface area contributed by atoms with Gasteiger partial charge in [-0.25, -0.2) is 13.8 Å². The molecule has 2 aromatic carbocycles. The molecule has 2 heterocycles. The Morgan fingerprint density at radius 1 is 1.33 bits per heavy atom. The van der Waals surface area contributed by atoms with Crippen LogP contribution >= 0.6 is 22.9 Å². The number of rotatable bonds is 5. The van der Waals surface area contributed by atoms with E-state index in [1.54, 1.807) is 25.1 Å². The summed E-state index contributed by atoms with van der Waals surface area (Å²) in [5.74, 6) is -2.71. The summed E-state index contributed by atoms with van der Waals surface area (Å²) in [4.78, 5) is 30.5. The van der Waals surface area contributed by atoms with Crippen molar-refractivity contribution in [1.82, 2.24) is 4.98 Å². The summed E-state index contributed by atoms with van der Waals surface area (Å²) in [6.45, 7) is 1.83. The summed E-state index contributed by atoms with van der Waals surface area (Å²) < 4.78 is 38.6. The Morgan fingerprint density at radius 2 is 2.13 bits per heavy atom. The van der Waals surface area contributed by atoms with Gasteiger partial charge in [-0.1, -0.05) is 11.6 Å². The Morgan fingerprint density at radius 3 is 2.90 bits per heavy atom. The van der Waals surface area contributed by atoms with Crippen molar-refractivity contribution < 1.29 is 27.8 Å². The Labute approximate surface area is 179 Å². The average molecular weight is 453 g/mol. The van der Waals surface area contributed by atoms with Gasteiger partial charge >= 0.3 is 5.97 Å². The van der Waals surface area contributed by atoms with E-state index in [4.69, 9.17) is 21.1 Å². The Kier molecular flexibility index (Phi) is 5.57. The van der Waals surface area contributed by atoms with E-state index in [0.717, 1.165) is 17.4 Å². The van der Waals surface area contributed by atoms with Gasteiger partial charge in [0.1, 0.15) is 16.3 Å². The van der Waals surface area contributed by atoms with Crippen molar-refractivity contribution in [3.8, 4) is 5.75 Å². The van der Waals surface area contributed by atoms with Crippen LogP contribution in [-0.4, -0.2) is 29.6 Å². The van der Waals surface area contributed by atoms with Crippen LogP contribution in [0.3, 0.4) is 0 Å².